The maximum Gasteiger partial charge on any atom is 0.223 e. The van der Waals surface area contributed by atoms with Crippen LogP contribution in [0, 0.1) is 5.92 Å². The lowest BCUT2D eigenvalue weighted by Gasteiger charge is -2.31. The molecule has 2 aliphatic rings. The van der Waals surface area contributed by atoms with Gasteiger partial charge in [-0.1, -0.05) is 12.8 Å². The summed E-state index contributed by atoms with van der Waals surface area (Å²) in [6, 6.07) is 6.28. The Hall–Kier alpha value is -2.05. The van der Waals surface area contributed by atoms with Gasteiger partial charge in [0.1, 0.15) is 5.75 Å². The number of hydrogen-bond donors (Lipinski definition) is 1. The van der Waals surface area contributed by atoms with Crippen molar-refractivity contribution in [2.45, 2.75) is 51.5 Å². The Bertz CT molecular complexity index is 877. The number of rotatable bonds is 8. The molecule has 0 spiro atoms. The molecule has 3 heterocycles. The Morgan fingerprint density at radius 1 is 1.06 bits per heavy atom. The number of hydrogen-bond acceptors (Lipinski definition) is 4. The van der Waals surface area contributed by atoms with Crippen molar-refractivity contribution in [1.29, 1.82) is 0 Å². The predicted molar refractivity (Wildman–Crippen MR) is 130 cm³/mol. The lowest BCUT2D eigenvalue weighted by atomic mass is 9.95. The Morgan fingerprint density at radius 3 is 2.53 bits per heavy atom. The summed E-state index contributed by atoms with van der Waals surface area (Å²) in [6.45, 7) is 7.28. The Morgan fingerprint density at radius 2 is 1.81 bits per heavy atom. The van der Waals surface area contributed by atoms with Crippen molar-refractivity contribution in [3.05, 3.63) is 30.0 Å². The number of likely N-dealkylation sites (tertiary alicyclic amines) is 2. The number of nitrogens with one attached hydrogen (secondary N) is 1. The minimum absolute atomic E-state index is 0.164. The molecule has 0 aliphatic carbocycles. The summed E-state index contributed by atoms with van der Waals surface area (Å²) in [5.74, 6) is 1.32. The van der Waals surface area contributed by atoms with Gasteiger partial charge in [-0.3, -0.25) is 9.69 Å². The molecular formula is C26H40N4O2. The van der Waals surface area contributed by atoms with Crippen molar-refractivity contribution in [3.8, 4) is 5.75 Å². The molecule has 0 radical (unpaired) electrons. The van der Waals surface area contributed by atoms with Gasteiger partial charge in [0.15, 0.2) is 0 Å². The number of fused-ring (bicyclic) bond motifs is 1. The van der Waals surface area contributed by atoms with Crippen LogP contribution in [0.15, 0.2) is 24.4 Å². The molecule has 6 heteroatoms. The van der Waals surface area contributed by atoms with E-state index in [1.165, 1.54) is 55.2 Å². The Labute approximate surface area is 192 Å². The standard InChI is InChI=1S/C26H40N4O2/c1-28-19-22(24-18-23(32-2)8-9-25(24)28)20-30-16-10-21(11-17-30)26(31)27-12-7-15-29-13-5-3-4-6-14-29/h8-9,18-19,21H,3-7,10-17,20H2,1-2H3,(H,27,31). The van der Waals surface area contributed by atoms with Gasteiger partial charge in [-0.2, -0.15) is 0 Å². The zero-order chi connectivity index (χ0) is 22.3. The minimum atomic E-state index is 0.164. The fraction of sp³-hybridized carbons (Fsp3) is 0.654. The highest BCUT2D eigenvalue weighted by Gasteiger charge is 2.25. The zero-order valence-electron chi connectivity index (χ0n) is 19.9. The summed E-state index contributed by atoms with van der Waals surface area (Å²) in [5, 5.41) is 4.47. The maximum absolute atomic E-state index is 12.7. The number of methoxy groups -OCH3 is 1. The van der Waals surface area contributed by atoms with E-state index in [1.807, 2.05) is 6.07 Å². The van der Waals surface area contributed by atoms with Crippen molar-refractivity contribution >= 4 is 16.8 Å². The summed E-state index contributed by atoms with van der Waals surface area (Å²) in [5.41, 5.74) is 2.56. The maximum atomic E-state index is 12.7. The first-order valence-corrected chi connectivity index (χ1v) is 12.5. The molecule has 6 nitrogen and oxygen atoms in total. The number of nitrogens with zero attached hydrogens (tertiary/aromatic N) is 3. The average Bonchev–Trinajstić information content (AvgIpc) is 2.97. The molecule has 0 atom stereocenters. The summed E-state index contributed by atoms with van der Waals surface area (Å²) in [7, 11) is 3.82. The van der Waals surface area contributed by atoms with Gasteiger partial charge in [0.05, 0.1) is 7.11 Å². The molecule has 2 aromatic rings. The monoisotopic (exact) mass is 440 g/mol. The van der Waals surface area contributed by atoms with Crippen LogP contribution in [0.2, 0.25) is 0 Å². The van der Waals surface area contributed by atoms with Crippen LogP contribution >= 0.6 is 0 Å². The number of aromatic nitrogens is 1. The molecule has 32 heavy (non-hydrogen) atoms. The van der Waals surface area contributed by atoms with E-state index in [4.69, 9.17) is 4.74 Å². The van der Waals surface area contributed by atoms with E-state index < -0.39 is 0 Å². The van der Waals surface area contributed by atoms with Gasteiger partial charge < -0.3 is 19.5 Å². The highest BCUT2D eigenvalue weighted by molar-refractivity contribution is 5.85. The van der Waals surface area contributed by atoms with E-state index in [1.54, 1.807) is 7.11 Å². The van der Waals surface area contributed by atoms with Gasteiger partial charge in [-0.25, -0.2) is 0 Å². The van der Waals surface area contributed by atoms with Crippen LogP contribution in [0.5, 0.6) is 5.75 Å². The predicted octanol–water partition coefficient (Wildman–Crippen LogP) is 3.78. The minimum Gasteiger partial charge on any atom is -0.497 e. The summed E-state index contributed by atoms with van der Waals surface area (Å²) in [6.07, 6.45) is 10.6. The fourth-order valence-electron chi connectivity index (χ4n) is 5.32. The van der Waals surface area contributed by atoms with Gasteiger partial charge in [-0.15, -0.1) is 0 Å². The van der Waals surface area contributed by atoms with Gasteiger partial charge >= 0.3 is 0 Å². The molecule has 2 fully saturated rings. The molecule has 176 valence electrons. The van der Waals surface area contributed by atoms with Gasteiger partial charge in [0, 0.05) is 43.2 Å². The number of piperidine rings is 1. The van der Waals surface area contributed by atoms with E-state index in [9.17, 15) is 4.79 Å². The van der Waals surface area contributed by atoms with Crippen molar-refractivity contribution in [2.75, 3.05) is 46.4 Å². The second-order valence-corrected chi connectivity index (χ2v) is 9.60. The van der Waals surface area contributed by atoms with Crippen molar-refractivity contribution in [3.63, 3.8) is 0 Å². The first-order chi connectivity index (χ1) is 15.6. The second kappa shape index (κ2) is 11.2. The molecule has 2 aliphatic heterocycles. The summed E-state index contributed by atoms with van der Waals surface area (Å²) in [4.78, 5) is 17.7. The Kier molecular flexibility index (Phi) is 8.09. The lowest BCUT2D eigenvalue weighted by molar-refractivity contribution is -0.126. The quantitative estimate of drug-likeness (QED) is 0.635. The summed E-state index contributed by atoms with van der Waals surface area (Å²) < 4.78 is 7.62. The number of carbonyl (C=O) groups is 1. The van der Waals surface area contributed by atoms with Crippen molar-refractivity contribution < 1.29 is 9.53 Å². The van der Waals surface area contributed by atoms with Crippen molar-refractivity contribution in [2.24, 2.45) is 13.0 Å². The molecule has 0 bridgehead atoms. The van der Waals surface area contributed by atoms with Gasteiger partial charge in [0.2, 0.25) is 5.91 Å². The largest absolute Gasteiger partial charge is 0.497 e. The highest BCUT2D eigenvalue weighted by Crippen LogP contribution is 2.28. The molecule has 1 aromatic heterocycles. The number of aryl methyl sites for hydroxylation is 1. The highest BCUT2D eigenvalue weighted by atomic mass is 16.5. The zero-order valence-corrected chi connectivity index (χ0v) is 19.9. The van der Waals surface area contributed by atoms with Crippen LogP contribution in [-0.4, -0.2) is 66.7 Å². The topological polar surface area (TPSA) is 49.7 Å². The molecule has 4 rings (SSSR count). The lowest BCUT2D eigenvalue weighted by Crippen LogP contribution is -2.40. The normalized spacial score (nSPS) is 19.2. The van der Waals surface area contributed by atoms with Crippen LogP contribution < -0.4 is 10.1 Å². The van der Waals surface area contributed by atoms with Crippen LogP contribution in [0.3, 0.4) is 0 Å². The molecule has 0 unspecified atom stereocenters. The number of benzene rings is 1. The molecule has 0 saturated carbocycles. The smallest absolute Gasteiger partial charge is 0.223 e. The number of ether oxygens (including phenoxy) is 1. The first kappa shape index (κ1) is 23.1. The average molecular weight is 441 g/mol. The molecule has 2 saturated heterocycles. The van der Waals surface area contributed by atoms with E-state index in [2.05, 4.69) is 45.1 Å². The van der Waals surface area contributed by atoms with E-state index in [0.29, 0.717) is 0 Å². The third-order valence-electron chi connectivity index (χ3n) is 7.28. The van der Waals surface area contributed by atoms with Crippen LogP contribution in [-0.2, 0) is 18.4 Å². The molecule has 1 amide bonds. The molecule has 1 N–H and O–H groups in total. The number of carbonyl (C=O) groups excluding carboxylic acids is 1. The summed E-state index contributed by atoms with van der Waals surface area (Å²) >= 11 is 0. The van der Waals surface area contributed by atoms with Crippen molar-refractivity contribution in [1.82, 2.24) is 19.7 Å². The van der Waals surface area contributed by atoms with E-state index >= 15 is 0 Å². The van der Waals surface area contributed by atoms with E-state index in [0.717, 1.165) is 57.7 Å². The third-order valence-corrected chi connectivity index (χ3v) is 7.28. The van der Waals surface area contributed by atoms with E-state index in [-0.39, 0.29) is 11.8 Å². The van der Waals surface area contributed by atoms with Gasteiger partial charge in [0.25, 0.3) is 0 Å². The SMILES string of the molecule is COc1ccc2c(c1)c(CN1CCC(C(=O)NCCCN3CCCCCC3)CC1)cn2C. The fourth-order valence-corrected chi connectivity index (χ4v) is 5.32. The van der Waals surface area contributed by atoms with Crippen LogP contribution in [0.4, 0.5) is 0 Å². The second-order valence-electron chi connectivity index (χ2n) is 9.60. The molecule has 1 aromatic carbocycles. The number of amides is 1. The van der Waals surface area contributed by atoms with Crippen LogP contribution in [0.25, 0.3) is 10.9 Å². The Balaban J connectivity index is 1.20. The van der Waals surface area contributed by atoms with Crippen LogP contribution in [0.1, 0.15) is 50.5 Å². The molecular weight excluding hydrogens is 400 g/mol. The first-order valence-electron chi connectivity index (χ1n) is 12.5. The third kappa shape index (κ3) is 5.84. The van der Waals surface area contributed by atoms with Gasteiger partial charge in [-0.05, 0) is 88.6 Å².